The number of thioether (sulfide) groups is 1. The Morgan fingerprint density at radius 3 is 2.41 bits per heavy atom. The summed E-state index contributed by atoms with van der Waals surface area (Å²) in [6.45, 7) is 2.05. The van der Waals surface area contributed by atoms with E-state index >= 15 is 0 Å². The highest BCUT2D eigenvalue weighted by molar-refractivity contribution is 8.16. The van der Waals surface area contributed by atoms with Crippen molar-refractivity contribution in [2.45, 2.75) is 38.6 Å². The van der Waals surface area contributed by atoms with E-state index in [1.54, 1.807) is 31.3 Å². The zero-order valence-electron chi connectivity index (χ0n) is 18.2. The van der Waals surface area contributed by atoms with Crippen molar-refractivity contribution in [1.82, 2.24) is 5.32 Å². The second-order valence-electron chi connectivity index (χ2n) is 7.04. The van der Waals surface area contributed by atoms with Crippen molar-refractivity contribution < 1.29 is 17.8 Å². The van der Waals surface area contributed by atoms with Crippen LogP contribution in [0.2, 0.25) is 0 Å². The minimum atomic E-state index is -4.33. The van der Waals surface area contributed by atoms with Gasteiger partial charge in [-0.25, -0.2) is 0 Å². The Balaban J connectivity index is 2.10. The number of carbonyl (C=O) groups excluding carboxylic acids is 1. The van der Waals surface area contributed by atoms with Crippen LogP contribution in [0.1, 0.15) is 30.9 Å². The Labute approximate surface area is 194 Å². The summed E-state index contributed by atoms with van der Waals surface area (Å²) >= 11 is 1.47. The molecule has 9 heteroatoms. The maximum Gasteiger partial charge on any atom is 0.357 e. The number of hydrogen-bond donors (Lipinski definition) is 3. The van der Waals surface area contributed by atoms with Crippen molar-refractivity contribution in [2.75, 3.05) is 11.8 Å². The number of nitrogens with zero attached hydrogens (tertiary/aromatic N) is 1. The molecule has 0 aliphatic rings. The molecule has 1 unspecified atom stereocenters. The summed E-state index contributed by atoms with van der Waals surface area (Å²) in [5, 5.41) is 5.83. The fourth-order valence-electron chi connectivity index (χ4n) is 2.97. The van der Waals surface area contributed by atoms with Crippen molar-refractivity contribution in [2.24, 2.45) is 4.99 Å². The number of nitrogens with one attached hydrogen (secondary N) is 2. The molecule has 32 heavy (non-hydrogen) atoms. The molecule has 0 radical (unpaired) electrons. The van der Waals surface area contributed by atoms with E-state index in [1.165, 1.54) is 11.8 Å². The summed E-state index contributed by atoms with van der Waals surface area (Å²) in [6, 6.07) is 16.1. The molecule has 3 N–H and O–H groups in total. The van der Waals surface area contributed by atoms with Crippen molar-refractivity contribution in [3.63, 3.8) is 0 Å². The summed E-state index contributed by atoms with van der Waals surface area (Å²) in [5.74, 6) is -0.0651. The van der Waals surface area contributed by atoms with E-state index in [4.69, 9.17) is 4.55 Å². The van der Waals surface area contributed by atoms with Gasteiger partial charge in [0.05, 0.1) is 16.8 Å². The Kier molecular flexibility index (Phi) is 10.5. The standard InChI is InChI=1S/C23H29N3O4S2/c1-3-4-16-31-23(24-2)21(25-22(27)15-12-18-8-6-5-7-9-18)17-19-10-13-20(14-11-19)26-32(28,29)30/h4-11,13-14,16,21,26H,3,12,15,17H2,1-2H3,(H,25,27)(H,28,29,30)/b16-4+,24-23?. The summed E-state index contributed by atoms with van der Waals surface area (Å²) in [4.78, 5) is 17.1. The highest BCUT2D eigenvalue weighted by Gasteiger charge is 2.19. The number of aryl methyl sites for hydroxylation is 1. The minimum Gasteiger partial charge on any atom is -0.347 e. The van der Waals surface area contributed by atoms with Gasteiger partial charge < -0.3 is 5.32 Å². The summed E-state index contributed by atoms with van der Waals surface area (Å²) in [7, 11) is -2.63. The lowest BCUT2D eigenvalue weighted by Gasteiger charge is -2.20. The number of rotatable bonds is 11. The third kappa shape index (κ3) is 9.67. The number of benzene rings is 2. The first-order valence-corrected chi connectivity index (χ1v) is 12.6. The molecule has 0 heterocycles. The Hall–Kier alpha value is -2.62. The van der Waals surface area contributed by atoms with Crippen LogP contribution in [0.15, 0.2) is 71.1 Å². The molecule has 0 fully saturated rings. The molecule has 1 amide bonds. The second kappa shape index (κ2) is 13.0. The molecule has 0 saturated carbocycles. The third-order valence-corrected chi connectivity index (χ3v) is 6.03. The third-order valence-electron chi connectivity index (χ3n) is 4.50. The molecule has 172 valence electrons. The average molecular weight is 476 g/mol. The van der Waals surface area contributed by atoms with Crippen molar-refractivity contribution in [1.29, 1.82) is 0 Å². The quantitative estimate of drug-likeness (QED) is 0.256. The monoisotopic (exact) mass is 475 g/mol. The highest BCUT2D eigenvalue weighted by Crippen LogP contribution is 2.17. The van der Waals surface area contributed by atoms with Crippen LogP contribution in [0.3, 0.4) is 0 Å². The second-order valence-corrected chi connectivity index (χ2v) is 9.12. The molecular formula is C23H29N3O4S2. The molecule has 7 nitrogen and oxygen atoms in total. The predicted octanol–water partition coefficient (Wildman–Crippen LogP) is 4.25. The molecule has 0 saturated heterocycles. The molecule has 2 rings (SSSR count). The van der Waals surface area contributed by atoms with E-state index in [1.807, 2.05) is 53.5 Å². The molecular weight excluding hydrogens is 446 g/mol. The lowest BCUT2D eigenvalue weighted by Crippen LogP contribution is -2.41. The number of anilines is 1. The van der Waals surface area contributed by atoms with Crippen LogP contribution in [0, 0.1) is 0 Å². The predicted molar refractivity (Wildman–Crippen MR) is 132 cm³/mol. The Morgan fingerprint density at radius 2 is 1.81 bits per heavy atom. The first kappa shape index (κ1) is 25.6. The van der Waals surface area contributed by atoms with Gasteiger partial charge in [0.15, 0.2) is 0 Å². The summed E-state index contributed by atoms with van der Waals surface area (Å²) in [6.07, 6.45) is 4.43. The van der Waals surface area contributed by atoms with Crippen LogP contribution in [0.25, 0.3) is 0 Å². The van der Waals surface area contributed by atoms with Crippen LogP contribution >= 0.6 is 11.8 Å². The van der Waals surface area contributed by atoms with E-state index in [0.717, 1.165) is 22.6 Å². The van der Waals surface area contributed by atoms with Crippen LogP contribution in [-0.4, -0.2) is 37.0 Å². The van der Waals surface area contributed by atoms with Gasteiger partial charge in [0.2, 0.25) is 5.91 Å². The molecule has 0 aliphatic carbocycles. The summed E-state index contributed by atoms with van der Waals surface area (Å²) < 4.78 is 32.9. The number of amides is 1. The van der Waals surface area contributed by atoms with Gasteiger partial charge in [-0.2, -0.15) is 8.42 Å². The molecule has 0 spiro atoms. The molecule has 1 atom stereocenters. The normalized spacial score (nSPS) is 13.2. The van der Waals surface area contributed by atoms with Crippen LogP contribution in [0.4, 0.5) is 5.69 Å². The number of hydrogen-bond acceptors (Lipinski definition) is 5. The first-order chi connectivity index (χ1) is 15.3. The maximum absolute atomic E-state index is 12.7. The van der Waals surface area contributed by atoms with E-state index < -0.39 is 10.3 Å². The van der Waals surface area contributed by atoms with E-state index in [-0.39, 0.29) is 17.6 Å². The minimum absolute atomic E-state index is 0.0651. The molecule has 0 aliphatic heterocycles. The summed E-state index contributed by atoms with van der Waals surface area (Å²) in [5.41, 5.74) is 2.25. The largest absolute Gasteiger partial charge is 0.357 e. The van der Waals surface area contributed by atoms with Gasteiger partial charge in [-0.05, 0) is 47.9 Å². The lowest BCUT2D eigenvalue weighted by atomic mass is 10.1. The van der Waals surface area contributed by atoms with Gasteiger partial charge in [0.1, 0.15) is 0 Å². The molecule has 0 bridgehead atoms. The van der Waals surface area contributed by atoms with Gasteiger partial charge in [0, 0.05) is 13.5 Å². The Bertz CT molecular complexity index is 1020. The zero-order chi connectivity index (χ0) is 23.4. The number of aliphatic imine (C=N–C) groups is 1. The first-order valence-electron chi connectivity index (χ1n) is 10.3. The number of allylic oxidation sites excluding steroid dienone is 1. The molecule has 0 aromatic heterocycles. The van der Waals surface area contributed by atoms with Crippen LogP contribution in [-0.2, 0) is 27.9 Å². The van der Waals surface area contributed by atoms with Gasteiger partial charge in [-0.3, -0.25) is 19.1 Å². The smallest absolute Gasteiger partial charge is 0.347 e. The van der Waals surface area contributed by atoms with E-state index in [0.29, 0.717) is 19.3 Å². The SMILES string of the molecule is CC/C=C/SC(=NC)C(Cc1ccc(NS(=O)(=O)O)cc1)NC(=O)CCc1ccccc1. The fourth-order valence-corrected chi connectivity index (χ4v) is 4.24. The van der Waals surface area contributed by atoms with Gasteiger partial charge in [-0.15, -0.1) is 0 Å². The Morgan fingerprint density at radius 1 is 1.12 bits per heavy atom. The zero-order valence-corrected chi connectivity index (χ0v) is 19.8. The maximum atomic E-state index is 12.7. The lowest BCUT2D eigenvalue weighted by molar-refractivity contribution is -0.121. The molecule has 2 aromatic rings. The topological polar surface area (TPSA) is 108 Å². The van der Waals surface area contributed by atoms with Crippen molar-refractivity contribution >= 4 is 38.7 Å². The van der Waals surface area contributed by atoms with E-state index in [2.05, 4.69) is 10.3 Å². The highest BCUT2D eigenvalue weighted by atomic mass is 32.2. The van der Waals surface area contributed by atoms with Gasteiger partial charge in [-0.1, -0.05) is 67.2 Å². The number of carbonyl (C=O) groups is 1. The average Bonchev–Trinajstić information content (AvgIpc) is 2.76. The van der Waals surface area contributed by atoms with E-state index in [9.17, 15) is 13.2 Å². The van der Waals surface area contributed by atoms with Gasteiger partial charge >= 0.3 is 10.3 Å². The van der Waals surface area contributed by atoms with Crippen molar-refractivity contribution in [3.8, 4) is 0 Å². The van der Waals surface area contributed by atoms with Gasteiger partial charge in [0.25, 0.3) is 0 Å². The van der Waals surface area contributed by atoms with Crippen molar-refractivity contribution in [3.05, 3.63) is 77.2 Å². The fraction of sp³-hybridized carbons (Fsp3) is 0.304. The van der Waals surface area contributed by atoms with Crippen LogP contribution < -0.4 is 10.0 Å². The molecule has 2 aromatic carbocycles. The van der Waals surface area contributed by atoms with Crippen LogP contribution in [0.5, 0.6) is 0 Å².